The molecule has 0 saturated carbocycles. The van der Waals surface area contributed by atoms with Crippen LogP contribution in [0.3, 0.4) is 0 Å². The number of hydrogen-bond donors (Lipinski definition) is 0. The van der Waals surface area contributed by atoms with Crippen LogP contribution in [0.25, 0.3) is 22.2 Å². The SMILES string of the molecule is Cn1c(=O)c2c(c(-c3ccccc3)cn2C)n(CC#N)c1=O. The minimum absolute atomic E-state index is 0.104. The molecule has 0 atom stereocenters. The van der Waals surface area contributed by atoms with E-state index in [4.69, 9.17) is 5.26 Å². The minimum Gasteiger partial charge on any atom is -0.344 e. The van der Waals surface area contributed by atoms with Crippen molar-refractivity contribution in [2.75, 3.05) is 0 Å². The molecule has 0 spiro atoms. The highest BCUT2D eigenvalue weighted by atomic mass is 16.2. The molecule has 3 rings (SSSR count). The molecule has 0 aliphatic rings. The Morgan fingerprint density at radius 1 is 1.09 bits per heavy atom. The van der Waals surface area contributed by atoms with Gasteiger partial charge in [0.2, 0.25) is 0 Å². The van der Waals surface area contributed by atoms with Crippen LogP contribution in [0.2, 0.25) is 0 Å². The molecule has 0 amide bonds. The first kappa shape index (κ1) is 13.9. The molecule has 6 nitrogen and oxygen atoms in total. The lowest BCUT2D eigenvalue weighted by Crippen LogP contribution is -2.38. The molecule has 2 heterocycles. The van der Waals surface area contributed by atoms with E-state index in [0.717, 1.165) is 15.7 Å². The Morgan fingerprint density at radius 2 is 1.77 bits per heavy atom. The van der Waals surface area contributed by atoms with Crippen LogP contribution in [0.1, 0.15) is 0 Å². The summed E-state index contributed by atoms with van der Waals surface area (Å²) >= 11 is 0. The van der Waals surface area contributed by atoms with Crippen molar-refractivity contribution in [3.05, 3.63) is 57.4 Å². The Hall–Kier alpha value is -3.07. The van der Waals surface area contributed by atoms with Crippen molar-refractivity contribution in [1.82, 2.24) is 13.7 Å². The lowest BCUT2D eigenvalue weighted by atomic mass is 10.1. The van der Waals surface area contributed by atoms with E-state index in [1.807, 2.05) is 42.6 Å². The van der Waals surface area contributed by atoms with E-state index < -0.39 is 5.69 Å². The lowest BCUT2D eigenvalue weighted by Gasteiger charge is -2.08. The van der Waals surface area contributed by atoms with Crippen molar-refractivity contribution in [2.45, 2.75) is 6.54 Å². The van der Waals surface area contributed by atoms with Crippen molar-refractivity contribution in [2.24, 2.45) is 14.1 Å². The highest BCUT2D eigenvalue weighted by Gasteiger charge is 2.18. The summed E-state index contributed by atoms with van der Waals surface area (Å²) in [7, 11) is 3.19. The molecule has 0 unspecified atom stereocenters. The van der Waals surface area contributed by atoms with Gasteiger partial charge in [-0.1, -0.05) is 30.3 Å². The molecule has 0 radical (unpaired) electrons. The smallest absolute Gasteiger partial charge is 0.332 e. The van der Waals surface area contributed by atoms with E-state index in [1.54, 1.807) is 11.6 Å². The van der Waals surface area contributed by atoms with Crippen molar-refractivity contribution in [3.63, 3.8) is 0 Å². The van der Waals surface area contributed by atoms with E-state index in [2.05, 4.69) is 0 Å². The van der Waals surface area contributed by atoms with Crippen LogP contribution in [0, 0.1) is 11.3 Å². The normalized spacial score (nSPS) is 10.8. The van der Waals surface area contributed by atoms with Gasteiger partial charge in [0.1, 0.15) is 12.1 Å². The van der Waals surface area contributed by atoms with Gasteiger partial charge in [-0.25, -0.2) is 4.79 Å². The summed E-state index contributed by atoms with van der Waals surface area (Å²) in [6, 6.07) is 11.5. The molecule has 0 fully saturated rings. The van der Waals surface area contributed by atoms with Gasteiger partial charge in [0.15, 0.2) is 0 Å². The second kappa shape index (κ2) is 5.04. The van der Waals surface area contributed by atoms with Gasteiger partial charge in [-0.05, 0) is 5.56 Å². The third-order valence-electron chi connectivity index (χ3n) is 3.76. The van der Waals surface area contributed by atoms with E-state index in [0.29, 0.717) is 11.0 Å². The van der Waals surface area contributed by atoms with Crippen molar-refractivity contribution in [3.8, 4) is 17.2 Å². The maximum Gasteiger partial charge on any atom is 0.332 e. The van der Waals surface area contributed by atoms with Crippen LogP contribution in [-0.4, -0.2) is 13.7 Å². The average molecular weight is 294 g/mol. The summed E-state index contributed by atoms with van der Waals surface area (Å²) in [5.74, 6) is 0. The Kier molecular flexibility index (Phi) is 3.18. The number of nitriles is 1. The van der Waals surface area contributed by atoms with Gasteiger partial charge in [-0.3, -0.25) is 13.9 Å². The number of hydrogen-bond acceptors (Lipinski definition) is 3. The fourth-order valence-corrected chi connectivity index (χ4v) is 2.71. The van der Waals surface area contributed by atoms with Crippen LogP contribution in [0.4, 0.5) is 0 Å². The summed E-state index contributed by atoms with van der Waals surface area (Å²) < 4.78 is 4.08. The maximum atomic E-state index is 12.4. The summed E-state index contributed by atoms with van der Waals surface area (Å²) in [5.41, 5.74) is 1.73. The molecule has 0 saturated heterocycles. The standard InChI is InChI=1S/C16H14N4O2/c1-18-10-12(11-6-4-3-5-7-11)13-14(18)15(21)19(2)16(22)20(13)9-8-17/h3-7,10H,9H2,1-2H3. The summed E-state index contributed by atoms with van der Waals surface area (Å²) in [4.78, 5) is 24.8. The van der Waals surface area contributed by atoms with E-state index in [1.165, 1.54) is 11.6 Å². The molecule has 0 N–H and O–H groups in total. The van der Waals surface area contributed by atoms with E-state index in [9.17, 15) is 9.59 Å². The van der Waals surface area contributed by atoms with Crippen molar-refractivity contribution in [1.29, 1.82) is 5.26 Å². The van der Waals surface area contributed by atoms with Crippen LogP contribution in [-0.2, 0) is 20.6 Å². The van der Waals surface area contributed by atoms with Crippen molar-refractivity contribution >= 4 is 11.0 Å². The van der Waals surface area contributed by atoms with Gasteiger partial charge in [0.25, 0.3) is 5.56 Å². The summed E-state index contributed by atoms with van der Waals surface area (Å²) in [6.07, 6.45) is 1.81. The Labute approximate surface area is 126 Å². The Bertz CT molecular complexity index is 1020. The van der Waals surface area contributed by atoms with Crippen LogP contribution >= 0.6 is 0 Å². The Balaban J connectivity index is 2.55. The first-order valence-electron chi connectivity index (χ1n) is 6.77. The molecule has 2 aromatic heterocycles. The first-order chi connectivity index (χ1) is 10.6. The fraction of sp³-hybridized carbons (Fsp3) is 0.188. The molecule has 0 aliphatic carbocycles. The zero-order chi connectivity index (χ0) is 15.9. The Morgan fingerprint density at radius 3 is 2.41 bits per heavy atom. The van der Waals surface area contributed by atoms with Gasteiger partial charge in [-0.15, -0.1) is 0 Å². The molecule has 0 aliphatic heterocycles. The second-order valence-electron chi connectivity index (χ2n) is 5.11. The fourth-order valence-electron chi connectivity index (χ4n) is 2.71. The highest BCUT2D eigenvalue weighted by molar-refractivity contribution is 5.93. The molecule has 3 aromatic rings. The van der Waals surface area contributed by atoms with Gasteiger partial charge in [-0.2, -0.15) is 5.26 Å². The van der Waals surface area contributed by atoms with E-state index in [-0.39, 0.29) is 12.1 Å². The topological polar surface area (TPSA) is 72.7 Å². The lowest BCUT2D eigenvalue weighted by molar-refractivity contribution is 0.683. The van der Waals surface area contributed by atoms with Crippen LogP contribution < -0.4 is 11.2 Å². The van der Waals surface area contributed by atoms with Crippen LogP contribution in [0.15, 0.2) is 46.1 Å². The molecule has 110 valence electrons. The van der Waals surface area contributed by atoms with Gasteiger partial charge >= 0.3 is 5.69 Å². The molecular weight excluding hydrogens is 280 g/mol. The number of nitrogens with zero attached hydrogens (tertiary/aromatic N) is 4. The summed E-state index contributed by atoms with van der Waals surface area (Å²) in [5, 5.41) is 9.03. The molecule has 6 heteroatoms. The minimum atomic E-state index is -0.484. The number of aryl methyl sites for hydroxylation is 1. The molecule has 0 bridgehead atoms. The number of fused-ring (bicyclic) bond motifs is 1. The van der Waals surface area contributed by atoms with Gasteiger partial charge < -0.3 is 4.57 Å². The summed E-state index contributed by atoms with van der Waals surface area (Å²) in [6.45, 7) is -0.104. The van der Waals surface area contributed by atoms with Gasteiger partial charge in [0, 0.05) is 25.9 Å². The number of benzene rings is 1. The number of aromatic nitrogens is 3. The highest BCUT2D eigenvalue weighted by Crippen LogP contribution is 2.27. The molecule has 22 heavy (non-hydrogen) atoms. The predicted molar refractivity (Wildman–Crippen MR) is 83.5 cm³/mol. The monoisotopic (exact) mass is 294 g/mol. The second-order valence-corrected chi connectivity index (χ2v) is 5.11. The zero-order valence-corrected chi connectivity index (χ0v) is 12.3. The molecular formula is C16H14N4O2. The largest absolute Gasteiger partial charge is 0.344 e. The molecule has 1 aromatic carbocycles. The third-order valence-corrected chi connectivity index (χ3v) is 3.76. The van der Waals surface area contributed by atoms with Crippen LogP contribution in [0.5, 0.6) is 0 Å². The average Bonchev–Trinajstić information content (AvgIpc) is 2.87. The van der Waals surface area contributed by atoms with E-state index >= 15 is 0 Å². The van der Waals surface area contributed by atoms with Gasteiger partial charge in [0.05, 0.1) is 11.6 Å². The first-order valence-corrected chi connectivity index (χ1v) is 6.77. The predicted octanol–water partition coefficient (Wildman–Crippen LogP) is 1.23. The maximum absolute atomic E-state index is 12.4. The quantitative estimate of drug-likeness (QED) is 0.713. The third kappa shape index (κ3) is 1.87. The zero-order valence-electron chi connectivity index (χ0n) is 12.3. The van der Waals surface area contributed by atoms with Crippen molar-refractivity contribution < 1.29 is 0 Å². The number of rotatable bonds is 2.